The highest BCUT2D eigenvalue weighted by atomic mass is 35.5. The number of halogens is 1. The van der Waals surface area contributed by atoms with Crippen molar-refractivity contribution >= 4 is 29.4 Å². The highest BCUT2D eigenvalue weighted by Gasteiger charge is 2.29. The number of amides is 2. The van der Waals surface area contributed by atoms with Crippen molar-refractivity contribution in [1.82, 2.24) is 30.0 Å². The van der Waals surface area contributed by atoms with Gasteiger partial charge in [-0.2, -0.15) is 5.10 Å². The molecule has 3 aliphatic rings. The van der Waals surface area contributed by atoms with Gasteiger partial charge < -0.3 is 5.32 Å². The third-order valence-corrected chi connectivity index (χ3v) is 8.44. The average Bonchev–Trinajstić information content (AvgIpc) is 3.68. The number of aryl methyl sites for hydroxylation is 1. The van der Waals surface area contributed by atoms with Crippen molar-refractivity contribution in [2.45, 2.75) is 63.5 Å². The monoisotopic (exact) mass is 547 g/mol. The summed E-state index contributed by atoms with van der Waals surface area (Å²) in [7, 11) is 1.98. The number of nitrogens with one attached hydrogen (secondary N) is 2. The number of imide groups is 1. The van der Waals surface area contributed by atoms with Crippen molar-refractivity contribution in [2.75, 3.05) is 18.4 Å². The van der Waals surface area contributed by atoms with Gasteiger partial charge in [-0.05, 0) is 55.6 Å². The Morgan fingerprint density at radius 3 is 2.69 bits per heavy atom. The molecular weight excluding hydrogens is 514 g/mol. The first-order chi connectivity index (χ1) is 18.9. The molecule has 1 saturated carbocycles. The topological polar surface area (TPSA) is 105 Å². The van der Waals surface area contributed by atoms with Gasteiger partial charge in [-0.25, -0.2) is 9.97 Å². The summed E-state index contributed by atoms with van der Waals surface area (Å²) < 4.78 is 1.94. The van der Waals surface area contributed by atoms with Gasteiger partial charge >= 0.3 is 0 Å². The molecule has 2 aliphatic heterocycles. The van der Waals surface area contributed by atoms with Crippen molar-refractivity contribution in [3.05, 3.63) is 58.5 Å². The maximum atomic E-state index is 12.3. The van der Waals surface area contributed by atoms with E-state index in [4.69, 9.17) is 16.6 Å². The molecule has 0 bridgehead atoms. The molecule has 2 aromatic heterocycles. The zero-order chi connectivity index (χ0) is 26.9. The lowest BCUT2D eigenvalue weighted by molar-refractivity contribution is -0.134. The normalized spacial score (nSPS) is 20.7. The fraction of sp³-hybridized carbons (Fsp3) is 0.483. The van der Waals surface area contributed by atoms with Crippen LogP contribution < -0.4 is 10.6 Å². The van der Waals surface area contributed by atoms with Crippen LogP contribution in [0.2, 0.25) is 5.02 Å². The largest absolute Gasteiger partial charge is 0.351 e. The third kappa shape index (κ3) is 5.99. The van der Waals surface area contributed by atoms with Crippen molar-refractivity contribution in [3.8, 4) is 11.3 Å². The number of carbonyl (C=O) groups is 2. The maximum absolute atomic E-state index is 12.3. The van der Waals surface area contributed by atoms with E-state index in [9.17, 15) is 9.59 Å². The molecule has 1 unspecified atom stereocenters. The lowest BCUT2D eigenvalue weighted by atomic mass is 9.89. The van der Waals surface area contributed by atoms with Gasteiger partial charge in [-0.15, -0.1) is 0 Å². The van der Waals surface area contributed by atoms with Crippen molar-refractivity contribution in [2.24, 2.45) is 13.0 Å². The number of hydrogen-bond donors (Lipinski definition) is 2. The molecule has 4 heterocycles. The van der Waals surface area contributed by atoms with Gasteiger partial charge in [0.05, 0.1) is 29.0 Å². The standard InChI is InChI=1S/C29H34ClN7O2/c1-36-25(14-18-5-6-18)23(15-32-36)27-24(30)16-31-29(35-27)33-21-9-11-37(12-10-21)17-19-3-2-4-20(13-19)22-7-8-26(38)34-28(22)39/h2-4,13,15-16,18,21-22H,5-12,14,17H2,1H3,(H,31,33,35)(H,34,38,39). The number of rotatable bonds is 8. The Labute approximate surface area is 233 Å². The van der Waals surface area contributed by atoms with E-state index in [-0.39, 0.29) is 23.8 Å². The molecule has 2 N–H and O–H groups in total. The third-order valence-electron chi connectivity index (χ3n) is 8.16. The van der Waals surface area contributed by atoms with Crippen LogP contribution in [0.15, 0.2) is 36.7 Å². The predicted molar refractivity (Wildman–Crippen MR) is 149 cm³/mol. The SMILES string of the molecule is Cn1ncc(-c2nc(NC3CCN(Cc4cccc(C5CCC(=O)NC5=O)c4)CC3)ncc2Cl)c1CC1CC1. The first kappa shape index (κ1) is 26.0. The second kappa shape index (κ2) is 11.1. The molecule has 2 saturated heterocycles. The van der Waals surface area contributed by atoms with Gasteiger partial charge in [0.15, 0.2) is 0 Å². The van der Waals surface area contributed by atoms with E-state index in [0.717, 1.165) is 61.6 Å². The summed E-state index contributed by atoms with van der Waals surface area (Å²) in [4.78, 5) is 35.5. The average molecular weight is 548 g/mol. The van der Waals surface area contributed by atoms with Crippen LogP contribution in [0.3, 0.4) is 0 Å². The minimum absolute atomic E-state index is 0.181. The lowest BCUT2D eigenvalue weighted by Crippen LogP contribution is -2.39. The summed E-state index contributed by atoms with van der Waals surface area (Å²) in [5.74, 6) is 0.719. The molecule has 0 radical (unpaired) electrons. The van der Waals surface area contributed by atoms with E-state index in [1.165, 1.54) is 24.1 Å². The van der Waals surface area contributed by atoms with E-state index < -0.39 is 0 Å². The molecular formula is C29H34ClN7O2. The highest BCUT2D eigenvalue weighted by Crippen LogP contribution is 2.37. The molecule has 10 heteroatoms. The number of hydrogen-bond acceptors (Lipinski definition) is 7. The fourth-order valence-electron chi connectivity index (χ4n) is 5.72. The van der Waals surface area contributed by atoms with E-state index in [1.54, 1.807) is 6.20 Å². The summed E-state index contributed by atoms with van der Waals surface area (Å²) in [6.07, 6.45) is 10.0. The van der Waals surface area contributed by atoms with Crippen molar-refractivity contribution in [1.29, 1.82) is 0 Å². The molecule has 0 spiro atoms. The Morgan fingerprint density at radius 2 is 1.92 bits per heavy atom. The molecule has 1 aromatic carbocycles. The zero-order valence-corrected chi connectivity index (χ0v) is 23.0. The minimum atomic E-state index is -0.252. The summed E-state index contributed by atoms with van der Waals surface area (Å²) in [5, 5.41) is 11.0. The number of benzene rings is 1. The Bertz CT molecular complexity index is 1380. The highest BCUT2D eigenvalue weighted by molar-refractivity contribution is 6.33. The van der Waals surface area contributed by atoms with Crippen LogP contribution in [-0.4, -0.2) is 55.6 Å². The van der Waals surface area contributed by atoms with Gasteiger partial charge in [0, 0.05) is 50.4 Å². The molecule has 1 aliphatic carbocycles. The fourth-order valence-corrected chi connectivity index (χ4v) is 5.91. The second-order valence-corrected chi connectivity index (χ2v) is 11.5. The van der Waals surface area contributed by atoms with Crippen LogP contribution in [0.5, 0.6) is 0 Å². The molecule has 3 aromatic rings. The number of likely N-dealkylation sites (tertiary alicyclic amines) is 1. The van der Waals surface area contributed by atoms with Crippen LogP contribution in [0, 0.1) is 5.92 Å². The zero-order valence-electron chi connectivity index (χ0n) is 22.2. The number of carbonyl (C=O) groups excluding carboxylic acids is 2. The van der Waals surface area contributed by atoms with Gasteiger partial charge in [0.2, 0.25) is 17.8 Å². The first-order valence-electron chi connectivity index (χ1n) is 13.9. The maximum Gasteiger partial charge on any atom is 0.234 e. The van der Waals surface area contributed by atoms with E-state index >= 15 is 0 Å². The summed E-state index contributed by atoms with van der Waals surface area (Å²) in [6.45, 7) is 2.74. The van der Waals surface area contributed by atoms with Crippen LogP contribution in [0.25, 0.3) is 11.3 Å². The molecule has 39 heavy (non-hydrogen) atoms. The van der Waals surface area contributed by atoms with Crippen LogP contribution in [-0.2, 0) is 29.6 Å². The van der Waals surface area contributed by atoms with Crippen LogP contribution >= 0.6 is 11.6 Å². The van der Waals surface area contributed by atoms with Crippen LogP contribution in [0.4, 0.5) is 5.95 Å². The lowest BCUT2D eigenvalue weighted by Gasteiger charge is -2.32. The van der Waals surface area contributed by atoms with E-state index in [0.29, 0.717) is 23.8 Å². The van der Waals surface area contributed by atoms with Gasteiger partial charge in [0.25, 0.3) is 0 Å². The number of nitrogens with zero attached hydrogens (tertiary/aromatic N) is 5. The first-order valence-corrected chi connectivity index (χ1v) is 14.3. The van der Waals surface area contributed by atoms with Crippen LogP contribution in [0.1, 0.15) is 61.3 Å². The Hall–Kier alpha value is -3.30. The summed E-state index contributed by atoms with van der Waals surface area (Å²) >= 11 is 6.54. The Kier molecular flexibility index (Phi) is 7.36. The Morgan fingerprint density at radius 1 is 1.10 bits per heavy atom. The smallest absolute Gasteiger partial charge is 0.234 e. The summed E-state index contributed by atoms with van der Waals surface area (Å²) in [6, 6.07) is 8.50. The molecule has 204 valence electrons. The number of anilines is 1. The molecule has 3 fully saturated rings. The number of piperidine rings is 2. The minimum Gasteiger partial charge on any atom is -0.351 e. The quantitative estimate of drug-likeness (QED) is 0.409. The summed E-state index contributed by atoms with van der Waals surface area (Å²) in [5.41, 5.74) is 5.09. The molecule has 6 rings (SSSR count). The van der Waals surface area contributed by atoms with Gasteiger partial charge in [-0.3, -0.25) is 24.5 Å². The Balaban J connectivity index is 1.06. The van der Waals surface area contributed by atoms with E-state index in [1.807, 2.05) is 30.1 Å². The molecule has 2 amide bonds. The van der Waals surface area contributed by atoms with Crippen molar-refractivity contribution in [3.63, 3.8) is 0 Å². The molecule has 9 nitrogen and oxygen atoms in total. The second-order valence-electron chi connectivity index (χ2n) is 11.1. The molecule has 1 atom stereocenters. The number of aromatic nitrogens is 4. The van der Waals surface area contributed by atoms with E-state index in [2.05, 4.69) is 37.7 Å². The van der Waals surface area contributed by atoms with Gasteiger partial charge in [-0.1, -0.05) is 35.9 Å². The van der Waals surface area contributed by atoms with Crippen molar-refractivity contribution < 1.29 is 9.59 Å². The van der Waals surface area contributed by atoms with Gasteiger partial charge in [0.1, 0.15) is 0 Å². The predicted octanol–water partition coefficient (Wildman–Crippen LogP) is 4.08.